The van der Waals surface area contributed by atoms with Gasteiger partial charge in [-0.3, -0.25) is 4.79 Å². The van der Waals surface area contributed by atoms with Gasteiger partial charge in [0, 0.05) is 31.4 Å². The number of urea groups is 1. The highest BCUT2D eigenvalue weighted by Crippen LogP contribution is 2.24. The molecule has 126 valence electrons. The fraction of sp³-hybridized carbons (Fsp3) is 0.529. The van der Waals surface area contributed by atoms with Crippen LogP contribution in [0.3, 0.4) is 0 Å². The number of hydrogen-bond donors (Lipinski definition) is 3. The summed E-state index contributed by atoms with van der Waals surface area (Å²) in [5.74, 6) is 0.237. The molecule has 2 unspecified atom stereocenters. The Bertz CT molecular complexity index is 559. The molecule has 0 saturated heterocycles. The second-order valence-electron chi connectivity index (χ2n) is 6.27. The van der Waals surface area contributed by atoms with Crippen LogP contribution in [-0.4, -0.2) is 43.5 Å². The number of nitrogens with two attached hydrogens (primary N) is 1. The van der Waals surface area contributed by atoms with E-state index in [1.807, 2.05) is 0 Å². The molecule has 0 aromatic heterocycles. The van der Waals surface area contributed by atoms with Crippen LogP contribution in [0.1, 0.15) is 36.0 Å². The fourth-order valence-corrected chi connectivity index (χ4v) is 2.90. The molecule has 0 heterocycles. The summed E-state index contributed by atoms with van der Waals surface area (Å²) in [6.07, 6.45) is 4.35. The Kier molecular flexibility index (Phi) is 5.98. The molecular weight excluding hydrogens is 292 g/mol. The van der Waals surface area contributed by atoms with E-state index in [4.69, 9.17) is 5.73 Å². The van der Waals surface area contributed by atoms with Crippen molar-refractivity contribution in [3.05, 3.63) is 29.8 Å². The zero-order valence-corrected chi connectivity index (χ0v) is 13.8. The Morgan fingerprint density at radius 3 is 2.70 bits per heavy atom. The molecule has 23 heavy (non-hydrogen) atoms. The van der Waals surface area contributed by atoms with Gasteiger partial charge in [-0.2, -0.15) is 0 Å². The van der Waals surface area contributed by atoms with E-state index in [0.29, 0.717) is 23.7 Å². The third kappa shape index (κ3) is 4.69. The van der Waals surface area contributed by atoms with Crippen LogP contribution in [0.25, 0.3) is 0 Å². The van der Waals surface area contributed by atoms with Crippen LogP contribution in [0.5, 0.6) is 0 Å². The van der Waals surface area contributed by atoms with Crippen LogP contribution in [-0.2, 0) is 0 Å². The van der Waals surface area contributed by atoms with Crippen LogP contribution in [0.15, 0.2) is 24.3 Å². The lowest BCUT2D eigenvalue weighted by Gasteiger charge is -2.31. The SMILES string of the molecule is CN(C)C(=O)Nc1cccc(C(=O)NC2CCCCC2CN)c1. The minimum atomic E-state index is -0.224. The number of nitrogens with one attached hydrogen (secondary N) is 2. The van der Waals surface area contributed by atoms with Crippen molar-refractivity contribution >= 4 is 17.6 Å². The van der Waals surface area contributed by atoms with Gasteiger partial charge in [0.2, 0.25) is 0 Å². The third-order valence-electron chi connectivity index (χ3n) is 4.31. The molecular formula is C17H26N4O2. The van der Waals surface area contributed by atoms with Crippen molar-refractivity contribution in [2.45, 2.75) is 31.7 Å². The van der Waals surface area contributed by atoms with Gasteiger partial charge < -0.3 is 21.3 Å². The van der Waals surface area contributed by atoms with E-state index < -0.39 is 0 Å². The third-order valence-corrected chi connectivity index (χ3v) is 4.31. The summed E-state index contributed by atoms with van der Waals surface area (Å²) in [6, 6.07) is 6.89. The van der Waals surface area contributed by atoms with E-state index in [1.165, 1.54) is 11.3 Å². The molecule has 0 spiro atoms. The van der Waals surface area contributed by atoms with E-state index in [9.17, 15) is 9.59 Å². The lowest BCUT2D eigenvalue weighted by atomic mass is 9.84. The maximum absolute atomic E-state index is 12.5. The standard InChI is InChI=1S/C17H26N4O2/c1-21(2)17(23)19-14-8-5-7-12(10-14)16(22)20-15-9-4-3-6-13(15)11-18/h5,7-8,10,13,15H,3-4,6,9,11,18H2,1-2H3,(H,19,23)(H,20,22). The molecule has 1 fully saturated rings. The van der Waals surface area contributed by atoms with Gasteiger partial charge in [0.25, 0.3) is 5.91 Å². The molecule has 1 saturated carbocycles. The average molecular weight is 318 g/mol. The first-order chi connectivity index (χ1) is 11.0. The van der Waals surface area contributed by atoms with E-state index in [-0.39, 0.29) is 18.0 Å². The first-order valence-corrected chi connectivity index (χ1v) is 8.10. The predicted molar refractivity (Wildman–Crippen MR) is 91.4 cm³/mol. The molecule has 1 aliphatic carbocycles. The van der Waals surface area contributed by atoms with Crippen LogP contribution >= 0.6 is 0 Å². The maximum atomic E-state index is 12.5. The van der Waals surface area contributed by atoms with Crippen molar-refractivity contribution in [2.75, 3.05) is 26.0 Å². The van der Waals surface area contributed by atoms with Crippen molar-refractivity contribution in [3.8, 4) is 0 Å². The first-order valence-electron chi connectivity index (χ1n) is 8.10. The lowest BCUT2D eigenvalue weighted by Crippen LogP contribution is -2.44. The lowest BCUT2D eigenvalue weighted by molar-refractivity contribution is 0.0908. The topological polar surface area (TPSA) is 87.5 Å². The van der Waals surface area contributed by atoms with Crippen LogP contribution in [0.2, 0.25) is 0 Å². The van der Waals surface area contributed by atoms with E-state index >= 15 is 0 Å². The maximum Gasteiger partial charge on any atom is 0.321 e. The summed E-state index contributed by atoms with van der Waals surface area (Å²) >= 11 is 0. The number of carbonyl (C=O) groups is 2. The Morgan fingerprint density at radius 2 is 2.00 bits per heavy atom. The van der Waals surface area contributed by atoms with Gasteiger partial charge in [-0.05, 0) is 43.5 Å². The van der Waals surface area contributed by atoms with Crippen molar-refractivity contribution in [3.63, 3.8) is 0 Å². The number of benzene rings is 1. The molecule has 1 aliphatic rings. The number of nitrogens with zero attached hydrogens (tertiary/aromatic N) is 1. The van der Waals surface area contributed by atoms with E-state index in [0.717, 1.165) is 19.3 Å². The fourth-order valence-electron chi connectivity index (χ4n) is 2.90. The predicted octanol–water partition coefficient (Wildman–Crippen LogP) is 2.03. The molecule has 2 rings (SSSR count). The summed E-state index contributed by atoms with van der Waals surface area (Å²) in [4.78, 5) is 25.6. The van der Waals surface area contributed by atoms with Gasteiger partial charge in [0.15, 0.2) is 0 Å². The number of hydrogen-bond acceptors (Lipinski definition) is 3. The second-order valence-corrected chi connectivity index (χ2v) is 6.27. The van der Waals surface area contributed by atoms with E-state index in [1.54, 1.807) is 38.4 Å². The zero-order chi connectivity index (χ0) is 16.8. The Balaban J connectivity index is 2.03. The quantitative estimate of drug-likeness (QED) is 0.794. The highest BCUT2D eigenvalue weighted by atomic mass is 16.2. The van der Waals surface area contributed by atoms with Gasteiger partial charge in [-0.25, -0.2) is 4.79 Å². The molecule has 4 N–H and O–H groups in total. The minimum absolute atomic E-state index is 0.115. The number of rotatable bonds is 4. The monoisotopic (exact) mass is 318 g/mol. The summed E-state index contributed by atoms with van der Waals surface area (Å²) in [5.41, 5.74) is 6.96. The normalized spacial score (nSPS) is 20.7. The molecule has 0 bridgehead atoms. The summed E-state index contributed by atoms with van der Waals surface area (Å²) in [6.45, 7) is 0.601. The number of anilines is 1. The Morgan fingerprint density at radius 1 is 1.26 bits per heavy atom. The molecule has 0 aliphatic heterocycles. The number of amides is 3. The molecule has 2 atom stereocenters. The average Bonchev–Trinajstić information content (AvgIpc) is 2.55. The van der Waals surface area contributed by atoms with Gasteiger partial charge >= 0.3 is 6.03 Å². The van der Waals surface area contributed by atoms with Crippen LogP contribution in [0.4, 0.5) is 10.5 Å². The highest BCUT2D eigenvalue weighted by Gasteiger charge is 2.25. The van der Waals surface area contributed by atoms with Crippen LogP contribution < -0.4 is 16.4 Å². The van der Waals surface area contributed by atoms with Crippen LogP contribution in [0, 0.1) is 5.92 Å². The molecule has 6 heteroatoms. The largest absolute Gasteiger partial charge is 0.349 e. The zero-order valence-electron chi connectivity index (χ0n) is 13.8. The molecule has 6 nitrogen and oxygen atoms in total. The molecule has 0 radical (unpaired) electrons. The van der Waals surface area contributed by atoms with Gasteiger partial charge in [-0.15, -0.1) is 0 Å². The minimum Gasteiger partial charge on any atom is -0.349 e. The van der Waals surface area contributed by atoms with Crippen molar-refractivity contribution in [1.82, 2.24) is 10.2 Å². The van der Waals surface area contributed by atoms with Gasteiger partial charge in [-0.1, -0.05) is 18.9 Å². The Hall–Kier alpha value is -2.08. The van der Waals surface area contributed by atoms with Crippen molar-refractivity contribution in [1.29, 1.82) is 0 Å². The Labute approximate surface area is 137 Å². The summed E-state index contributed by atoms with van der Waals surface area (Å²) in [7, 11) is 3.34. The van der Waals surface area contributed by atoms with Gasteiger partial charge in [0.1, 0.15) is 0 Å². The second kappa shape index (κ2) is 7.97. The molecule has 1 aromatic rings. The van der Waals surface area contributed by atoms with Crippen molar-refractivity contribution in [2.24, 2.45) is 11.7 Å². The highest BCUT2D eigenvalue weighted by molar-refractivity contribution is 5.97. The smallest absolute Gasteiger partial charge is 0.321 e. The summed E-state index contributed by atoms with van der Waals surface area (Å²) in [5, 5.41) is 5.84. The molecule has 3 amide bonds. The molecule has 1 aromatic carbocycles. The van der Waals surface area contributed by atoms with E-state index in [2.05, 4.69) is 10.6 Å². The van der Waals surface area contributed by atoms with Gasteiger partial charge in [0.05, 0.1) is 0 Å². The number of carbonyl (C=O) groups excluding carboxylic acids is 2. The summed E-state index contributed by atoms with van der Waals surface area (Å²) < 4.78 is 0. The van der Waals surface area contributed by atoms with Crippen molar-refractivity contribution < 1.29 is 9.59 Å². The first kappa shape index (κ1) is 17.3.